The fraction of sp³-hybridized carbons (Fsp3) is 1.00. The molecule has 2 unspecified atom stereocenters. The van der Waals surface area contributed by atoms with E-state index in [0.717, 1.165) is 0 Å². The van der Waals surface area contributed by atoms with Crippen molar-refractivity contribution in [2.24, 2.45) is 0 Å². The molecule has 0 aromatic heterocycles. The van der Waals surface area contributed by atoms with Crippen LogP contribution in [0.5, 0.6) is 0 Å². The van der Waals surface area contributed by atoms with Crippen molar-refractivity contribution in [2.45, 2.75) is 76.7 Å². The molecule has 6 atom stereocenters. The normalized spacial score (nSPS) is 29.4. The molecular weight excluding hydrogens is 513 g/mol. The summed E-state index contributed by atoms with van der Waals surface area (Å²) in [5.74, 6) is 0. The van der Waals surface area contributed by atoms with Crippen LogP contribution in [-0.2, 0) is 41.5 Å². The maximum Gasteiger partial charge on any atom is 0.470 e. The molecule has 0 spiro atoms. The van der Waals surface area contributed by atoms with E-state index >= 15 is 0 Å². The molecule has 15 nitrogen and oxygen atoms in total. The lowest BCUT2D eigenvalue weighted by Crippen LogP contribution is -2.67. The second-order valence-corrected chi connectivity index (χ2v) is 10.8. The first-order valence-corrected chi connectivity index (χ1v) is 14.8. The van der Waals surface area contributed by atoms with Crippen LogP contribution in [-0.4, -0.2) is 85.8 Å². The number of phosphoric acid groups is 3. The van der Waals surface area contributed by atoms with Gasteiger partial charge in [0.25, 0.3) is 0 Å². The summed E-state index contributed by atoms with van der Waals surface area (Å²) < 4.78 is 66.4. The highest BCUT2D eigenvalue weighted by atomic mass is 31.2. The Morgan fingerprint density at radius 2 is 0.697 bits per heavy atom. The molecule has 1 aliphatic rings. The maximum absolute atomic E-state index is 11.7. The molecule has 0 saturated heterocycles. The molecule has 0 aromatic rings. The van der Waals surface area contributed by atoms with Crippen LogP contribution in [0.25, 0.3) is 0 Å². The van der Waals surface area contributed by atoms with Gasteiger partial charge in [0.2, 0.25) is 0 Å². The quantitative estimate of drug-likeness (QED) is 0.156. The number of rotatable bonds is 15. The Kier molecular flexibility index (Phi) is 12.8. The monoisotopic (exact) mass is 546 g/mol. The summed E-state index contributed by atoms with van der Waals surface area (Å²) in [5.41, 5.74) is 0. The molecule has 0 radical (unpaired) electrons. The van der Waals surface area contributed by atoms with Crippen LogP contribution in [0.3, 0.4) is 0 Å². The van der Waals surface area contributed by atoms with Crippen molar-refractivity contribution in [2.75, 3.05) is 19.8 Å². The topological polar surface area (TPSA) is 228 Å². The van der Waals surface area contributed by atoms with Crippen LogP contribution >= 0.6 is 23.5 Å². The van der Waals surface area contributed by atoms with Crippen LogP contribution < -0.4 is 0 Å². The molecule has 1 rings (SSSR count). The second kappa shape index (κ2) is 13.5. The lowest BCUT2D eigenvalue weighted by atomic mass is 9.84. The summed E-state index contributed by atoms with van der Waals surface area (Å²) in [5, 5.41) is 0. The molecule has 1 fully saturated rings. The van der Waals surface area contributed by atoms with E-state index in [1.165, 1.54) is 0 Å². The van der Waals surface area contributed by atoms with Gasteiger partial charge in [-0.3, -0.25) is 13.6 Å². The number of phosphoric ester groups is 3. The van der Waals surface area contributed by atoms with E-state index in [1.54, 1.807) is 20.8 Å². The van der Waals surface area contributed by atoms with Gasteiger partial charge in [0.05, 0.1) is 0 Å². The molecule has 6 N–H and O–H groups in total. The summed E-state index contributed by atoms with van der Waals surface area (Å²) in [4.78, 5) is 56.6. The fourth-order valence-corrected chi connectivity index (χ4v) is 4.96. The van der Waals surface area contributed by atoms with Crippen molar-refractivity contribution in [3.05, 3.63) is 0 Å². The smallest absolute Gasteiger partial charge is 0.373 e. The van der Waals surface area contributed by atoms with Crippen molar-refractivity contribution in [3.63, 3.8) is 0 Å². The minimum Gasteiger partial charge on any atom is -0.373 e. The molecule has 18 heteroatoms. The van der Waals surface area contributed by atoms with E-state index in [2.05, 4.69) is 4.52 Å². The van der Waals surface area contributed by atoms with E-state index < -0.39 is 60.1 Å². The van der Waals surface area contributed by atoms with Gasteiger partial charge in [0.15, 0.2) is 0 Å². The SMILES string of the molecule is CCCOC1[C@@H](OCCC)[C@H](OP(=O)(O)O)C(OP(=O)(O)O)[C@@H](OP(=O)(O)O)[C@H]1OCCC. The third kappa shape index (κ3) is 11.2. The summed E-state index contributed by atoms with van der Waals surface area (Å²) in [7, 11) is -16.1. The Morgan fingerprint density at radius 1 is 0.485 bits per heavy atom. The minimum absolute atomic E-state index is 0.0187. The highest BCUT2D eigenvalue weighted by Crippen LogP contribution is 2.51. The average molecular weight is 546 g/mol. The molecule has 198 valence electrons. The van der Waals surface area contributed by atoms with Crippen LogP contribution in [0.15, 0.2) is 0 Å². The Labute approximate surface area is 191 Å². The molecular formula is C15H33O15P3. The van der Waals surface area contributed by atoms with Crippen LogP contribution in [0.4, 0.5) is 0 Å². The number of hydrogen-bond acceptors (Lipinski definition) is 9. The zero-order valence-electron chi connectivity index (χ0n) is 18.4. The second-order valence-electron chi connectivity index (χ2n) is 7.19. The molecule has 1 aliphatic carbocycles. The first-order chi connectivity index (χ1) is 15.1. The zero-order valence-corrected chi connectivity index (χ0v) is 21.1. The first kappa shape index (κ1) is 31.2. The Morgan fingerprint density at radius 3 is 0.909 bits per heavy atom. The van der Waals surface area contributed by atoms with Gasteiger partial charge in [0, 0.05) is 19.8 Å². The first-order valence-electron chi connectivity index (χ1n) is 10.2. The molecule has 0 bridgehead atoms. The van der Waals surface area contributed by atoms with E-state index in [0.29, 0.717) is 19.3 Å². The van der Waals surface area contributed by atoms with Crippen LogP contribution in [0.2, 0.25) is 0 Å². The lowest BCUT2D eigenvalue weighted by molar-refractivity contribution is -0.247. The molecule has 0 aromatic carbocycles. The predicted octanol–water partition coefficient (Wildman–Crippen LogP) is 0.819. The van der Waals surface area contributed by atoms with Gasteiger partial charge in [0.1, 0.15) is 36.6 Å². The Balaban J connectivity index is 3.68. The molecule has 0 amide bonds. The Hall–Kier alpha value is 0.210. The zero-order chi connectivity index (χ0) is 25.4. The van der Waals surface area contributed by atoms with Gasteiger partial charge in [-0.05, 0) is 19.3 Å². The number of ether oxygens (including phenoxy) is 3. The van der Waals surface area contributed by atoms with E-state index in [9.17, 15) is 43.1 Å². The Bertz CT molecular complexity index is 673. The van der Waals surface area contributed by atoms with Gasteiger partial charge in [-0.2, -0.15) is 0 Å². The highest BCUT2D eigenvalue weighted by Gasteiger charge is 2.59. The predicted molar refractivity (Wildman–Crippen MR) is 111 cm³/mol. The van der Waals surface area contributed by atoms with E-state index in [1.807, 2.05) is 0 Å². The molecule has 0 heterocycles. The van der Waals surface area contributed by atoms with E-state index in [4.69, 9.17) is 23.3 Å². The van der Waals surface area contributed by atoms with Crippen LogP contribution in [0, 0.1) is 0 Å². The van der Waals surface area contributed by atoms with E-state index in [-0.39, 0.29) is 19.8 Å². The van der Waals surface area contributed by atoms with Crippen molar-refractivity contribution in [3.8, 4) is 0 Å². The summed E-state index contributed by atoms with van der Waals surface area (Å²) in [6, 6.07) is 0. The van der Waals surface area contributed by atoms with Crippen molar-refractivity contribution in [1.29, 1.82) is 0 Å². The van der Waals surface area contributed by atoms with Crippen LogP contribution in [0.1, 0.15) is 40.0 Å². The lowest BCUT2D eigenvalue weighted by Gasteiger charge is -2.49. The van der Waals surface area contributed by atoms with Crippen molar-refractivity contribution in [1.82, 2.24) is 0 Å². The highest BCUT2D eigenvalue weighted by molar-refractivity contribution is 7.47. The summed E-state index contributed by atoms with van der Waals surface area (Å²) in [6.45, 7) is 5.35. The molecule has 1 saturated carbocycles. The van der Waals surface area contributed by atoms with Gasteiger partial charge in [-0.1, -0.05) is 20.8 Å². The molecule has 33 heavy (non-hydrogen) atoms. The third-order valence-corrected chi connectivity index (χ3v) is 5.82. The maximum atomic E-state index is 11.7. The molecule has 0 aliphatic heterocycles. The minimum atomic E-state index is -5.40. The standard InChI is InChI=1S/C15H33O15P3/c1-4-7-25-10-11(26-8-5-2)13(28-31(16,17)18)15(30-33(22,23)24)14(29-32(19,20)21)12(10)27-9-6-3/h10-15H,4-9H2,1-3H3,(H2,16,17,18)(H2,19,20,21)(H2,22,23,24)/t10?,11-,12+,13-,14-,15?/m0/s1. The van der Waals surface area contributed by atoms with Gasteiger partial charge in [-0.25, -0.2) is 13.7 Å². The van der Waals surface area contributed by atoms with Crippen molar-refractivity contribution < 1.29 is 70.8 Å². The van der Waals surface area contributed by atoms with Crippen molar-refractivity contribution >= 4 is 23.5 Å². The van der Waals surface area contributed by atoms with Gasteiger partial charge >= 0.3 is 23.5 Å². The fourth-order valence-electron chi connectivity index (χ4n) is 3.29. The number of hydrogen-bond donors (Lipinski definition) is 6. The largest absolute Gasteiger partial charge is 0.470 e. The summed E-state index contributed by atoms with van der Waals surface area (Å²) in [6.07, 6.45) is -8.80. The third-order valence-electron chi connectivity index (χ3n) is 4.26. The summed E-state index contributed by atoms with van der Waals surface area (Å²) >= 11 is 0. The van der Waals surface area contributed by atoms with Gasteiger partial charge < -0.3 is 43.6 Å². The average Bonchev–Trinajstić information content (AvgIpc) is 2.64. The van der Waals surface area contributed by atoms with Gasteiger partial charge in [-0.15, -0.1) is 0 Å².